The lowest BCUT2D eigenvalue weighted by atomic mass is 10.2. The zero-order chi connectivity index (χ0) is 13.5. The molecule has 1 heterocycles. The Kier molecular flexibility index (Phi) is 4.94. The van der Waals surface area contributed by atoms with Gasteiger partial charge in [0, 0.05) is 13.1 Å². The highest BCUT2D eigenvalue weighted by atomic mass is 32.1. The third-order valence-electron chi connectivity index (χ3n) is 2.62. The Hall–Kier alpha value is -1.85. The number of nitrogens with one attached hydrogen (secondary N) is 1. The van der Waals surface area contributed by atoms with E-state index in [9.17, 15) is 4.79 Å². The van der Waals surface area contributed by atoms with E-state index in [1.54, 1.807) is 4.90 Å². The molecule has 5 heteroatoms. The van der Waals surface area contributed by atoms with Gasteiger partial charge in [0.1, 0.15) is 0 Å². The zero-order valence-corrected chi connectivity index (χ0v) is 11.3. The van der Waals surface area contributed by atoms with Crippen molar-refractivity contribution in [3.05, 3.63) is 53.4 Å². The van der Waals surface area contributed by atoms with E-state index in [1.807, 2.05) is 47.8 Å². The second-order valence-electron chi connectivity index (χ2n) is 4.04. The van der Waals surface area contributed by atoms with Gasteiger partial charge in [-0.1, -0.05) is 30.3 Å². The first-order valence-corrected chi connectivity index (χ1v) is 6.92. The third kappa shape index (κ3) is 4.08. The summed E-state index contributed by atoms with van der Waals surface area (Å²) in [6, 6.07) is 13.3. The van der Waals surface area contributed by atoms with Gasteiger partial charge in [0.2, 0.25) is 0 Å². The molecule has 0 aliphatic heterocycles. The Morgan fingerprint density at radius 2 is 2.00 bits per heavy atom. The highest BCUT2D eigenvalue weighted by molar-refractivity contribution is 7.14. The molecule has 0 spiro atoms. The molecule has 2 rings (SSSR count). The Morgan fingerprint density at radius 1 is 1.21 bits per heavy atom. The first-order chi connectivity index (χ1) is 9.29. The van der Waals surface area contributed by atoms with Crippen molar-refractivity contribution in [2.24, 2.45) is 0 Å². The Morgan fingerprint density at radius 3 is 2.63 bits per heavy atom. The van der Waals surface area contributed by atoms with Crippen LogP contribution in [0.1, 0.15) is 5.56 Å². The first kappa shape index (κ1) is 13.6. The summed E-state index contributed by atoms with van der Waals surface area (Å²) in [6.07, 6.45) is 0. The molecule has 0 atom stereocenters. The van der Waals surface area contributed by atoms with Crippen LogP contribution in [0.5, 0.6) is 0 Å². The molecule has 0 saturated heterocycles. The predicted octanol–water partition coefficient (Wildman–Crippen LogP) is 2.77. The summed E-state index contributed by atoms with van der Waals surface area (Å²) < 4.78 is 0. The van der Waals surface area contributed by atoms with Crippen molar-refractivity contribution in [1.82, 2.24) is 4.90 Å². The topological polar surface area (TPSA) is 52.6 Å². The minimum atomic E-state index is -0.194. The SMILES string of the molecule is O=C(Nc1cccs1)N(CCO)Cc1ccccc1. The number of nitrogens with zero attached hydrogens (tertiary/aromatic N) is 1. The summed E-state index contributed by atoms with van der Waals surface area (Å²) in [6.45, 7) is 0.745. The van der Waals surface area contributed by atoms with Crippen LogP contribution in [0.25, 0.3) is 0 Å². The second kappa shape index (κ2) is 6.92. The zero-order valence-electron chi connectivity index (χ0n) is 10.5. The number of anilines is 1. The van der Waals surface area contributed by atoms with Crippen LogP contribution >= 0.6 is 11.3 Å². The quantitative estimate of drug-likeness (QED) is 0.882. The van der Waals surface area contributed by atoms with Crippen molar-refractivity contribution < 1.29 is 9.90 Å². The largest absolute Gasteiger partial charge is 0.395 e. The Balaban J connectivity index is 2.00. The maximum atomic E-state index is 12.1. The van der Waals surface area contributed by atoms with E-state index in [1.165, 1.54) is 11.3 Å². The molecule has 1 aromatic heterocycles. The van der Waals surface area contributed by atoms with E-state index in [0.29, 0.717) is 13.1 Å². The number of rotatable bonds is 5. The summed E-state index contributed by atoms with van der Waals surface area (Å²) in [4.78, 5) is 13.7. The molecule has 0 bridgehead atoms. The number of thiophene rings is 1. The smallest absolute Gasteiger partial charge is 0.322 e. The molecule has 19 heavy (non-hydrogen) atoms. The average Bonchev–Trinajstić information content (AvgIpc) is 2.92. The lowest BCUT2D eigenvalue weighted by molar-refractivity contribution is 0.185. The molecule has 2 N–H and O–H groups in total. The minimum Gasteiger partial charge on any atom is -0.395 e. The van der Waals surface area contributed by atoms with Gasteiger partial charge in [0.15, 0.2) is 0 Å². The first-order valence-electron chi connectivity index (χ1n) is 6.04. The summed E-state index contributed by atoms with van der Waals surface area (Å²) >= 11 is 1.47. The van der Waals surface area contributed by atoms with E-state index in [0.717, 1.165) is 10.6 Å². The van der Waals surface area contributed by atoms with Crippen LogP contribution in [-0.2, 0) is 6.54 Å². The number of hydrogen-bond donors (Lipinski definition) is 2. The number of carbonyl (C=O) groups excluding carboxylic acids is 1. The van der Waals surface area contributed by atoms with Gasteiger partial charge in [-0.2, -0.15) is 0 Å². The van der Waals surface area contributed by atoms with Crippen LogP contribution in [0.3, 0.4) is 0 Å². The van der Waals surface area contributed by atoms with Gasteiger partial charge < -0.3 is 10.0 Å². The van der Waals surface area contributed by atoms with Crippen LogP contribution in [0.2, 0.25) is 0 Å². The van der Waals surface area contributed by atoms with Gasteiger partial charge in [-0.25, -0.2) is 4.79 Å². The molecule has 2 amide bonds. The molecule has 0 radical (unpaired) electrons. The number of hydrogen-bond acceptors (Lipinski definition) is 3. The molecular weight excluding hydrogens is 260 g/mol. The highest BCUT2D eigenvalue weighted by Crippen LogP contribution is 2.16. The summed E-state index contributed by atoms with van der Waals surface area (Å²) in [5.74, 6) is 0. The molecular formula is C14H16N2O2S. The molecule has 0 aliphatic rings. The van der Waals surface area contributed by atoms with Gasteiger partial charge in [-0.05, 0) is 23.1 Å². The van der Waals surface area contributed by atoms with Crippen molar-refractivity contribution in [2.45, 2.75) is 6.54 Å². The lowest BCUT2D eigenvalue weighted by Gasteiger charge is -2.21. The number of carbonyl (C=O) groups is 1. The molecule has 100 valence electrons. The van der Waals surface area contributed by atoms with E-state index >= 15 is 0 Å². The number of aliphatic hydroxyl groups is 1. The number of urea groups is 1. The standard InChI is InChI=1S/C14H16N2O2S/c17-9-8-16(11-12-5-2-1-3-6-12)14(18)15-13-7-4-10-19-13/h1-7,10,17H,8-9,11H2,(H,15,18). The fraction of sp³-hybridized carbons (Fsp3) is 0.214. The molecule has 0 fully saturated rings. The maximum Gasteiger partial charge on any atom is 0.322 e. The van der Waals surface area contributed by atoms with Crippen LogP contribution < -0.4 is 5.32 Å². The molecule has 0 saturated carbocycles. The van der Waals surface area contributed by atoms with Crippen molar-refractivity contribution in [3.63, 3.8) is 0 Å². The molecule has 0 aliphatic carbocycles. The van der Waals surface area contributed by atoms with Crippen LogP contribution in [0, 0.1) is 0 Å². The van der Waals surface area contributed by atoms with E-state index in [-0.39, 0.29) is 12.6 Å². The average molecular weight is 276 g/mol. The Labute approximate surface area is 116 Å². The number of aliphatic hydroxyl groups excluding tert-OH is 1. The molecule has 4 nitrogen and oxygen atoms in total. The van der Waals surface area contributed by atoms with Gasteiger partial charge in [0.25, 0.3) is 0 Å². The van der Waals surface area contributed by atoms with Crippen molar-refractivity contribution >= 4 is 22.4 Å². The van der Waals surface area contributed by atoms with E-state index in [4.69, 9.17) is 5.11 Å². The fourth-order valence-electron chi connectivity index (χ4n) is 1.71. The summed E-state index contributed by atoms with van der Waals surface area (Å²) in [5, 5.41) is 14.6. The lowest BCUT2D eigenvalue weighted by Crippen LogP contribution is -2.36. The van der Waals surface area contributed by atoms with Gasteiger partial charge >= 0.3 is 6.03 Å². The van der Waals surface area contributed by atoms with Crippen LogP contribution in [0.4, 0.5) is 9.80 Å². The van der Waals surface area contributed by atoms with Crippen molar-refractivity contribution in [3.8, 4) is 0 Å². The predicted molar refractivity (Wildman–Crippen MR) is 77.3 cm³/mol. The molecule has 1 aromatic carbocycles. The van der Waals surface area contributed by atoms with E-state index < -0.39 is 0 Å². The van der Waals surface area contributed by atoms with Crippen molar-refractivity contribution in [2.75, 3.05) is 18.5 Å². The van der Waals surface area contributed by atoms with E-state index in [2.05, 4.69) is 5.32 Å². The van der Waals surface area contributed by atoms with Gasteiger partial charge in [-0.3, -0.25) is 5.32 Å². The van der Waals surface area contributed by atoms with Gasteiger partial charge in [-0.15, -0.1) is 11.3 Å². The number of amides is 2. The number of benzene rings is 1. The summed E-state index contributed by atoms with van der Waals surface area (Å²) in [7, 11) is 0. The third-order valence-corrected chi connectivity index (χ3v) is 3.41. The fourth-order valence-corrected chi connectivity index (χ4v) is 2.32. The van der Waals surface area contributed by atoms with Crippen LogP contribution in [0.15, 0.2) is 47.8 Å². The van der Waals surface area contributed by atoms with Gasteiger partial charge in [0.05, 0.1) is 11.6 Å². The van der Waals surface area contributed by atoms with Crippen LogP contribution in [-0.4, -0.2) is 29.2 Å². The summed E-state index contributed by atoms with van der Waals surface area (Å²) in [5.41, 5.74) is 1.04. The second-order valence-corrected chi connectivity index (χ2v) is 4.99. The van der Waals surface area contributed by atoms with Crippen molar-refractivity contribution in [1.29, 1.82) is 0 Å². The molecule has 0 unspecified atom stereocenters. The monoisotopic (exact) mass is 276 g/mol. The highest BCUT2D eigenvalue weighted by Gasteiger charge is 2.13. The molecule has 2 aromatic rings. The normalized spacial score (nSPS) is 10.2. The minimum absolute atomic E-state index is 0.0509. The Bertz CT molecular complexity index is 499. The maximum absolute atomic E-state index is 12.1.